The number of carbonyl (C=O) groups is 1. The van der Waals surface area contributed by atoms with Gasteiger partial charge in [0.1, 0.15) is 5.58 Å². The molecule has 1 heterocycles. The number of fused-ring (bicyclic) bond motifs is 1. The molecule has 0 amide bonds. The molecule has 0 unspecified atom stereocenters. The Bertz CT molecular complexity index is 957. The molecule has 0 bridgehead atoms. The Morgan fingerprint density at radius 3 is 2.60 bits per heavy atom. The molecule has 5 nitrogen and oxygen atoms in total. The van der Waals surface area contributed by atoms with E-state index in [4.69, 9.17) is 13.9 Å². The van der Waals surface area contributed by atoms with Crippen LogP contribution in [0.25, 0.3) is 22.3 Å². The number of hydrogen-bond acceptors (Lipinski definition) is 5. The fourth-order valence-corrected chi connectivity index (χ4v) is 2.54. The minimum Gasteiger partial charge on any atom is -0.474 e. The summed E-state index contributed by atoms with van der Waals surface area (Å²) in [5.41, 5.74) is 1.79. The van der Waals surface area contributed by atoms with Gasteiger partial charge in [-0.2, -0.15) is 0 Å². The predicted octanol–water partition coefficient (Wildman–Crippen LogP) is 3.71. The van der Waals surface area contributed by atoms with Gasteiger partial charge in [0.25, 0.3) is 0 Å². The lowest BCUT2D eigenvalue weighted by molar-refractivity contribution is -0.145. The van der Waals surface area contributed by atoms with Gasteiger partial charge >= 0.3 is 5.97 Å². The number of aryl methyl sites for hydroxylation is 1. The van der Waals surface area contributed by atoms with Crippen LogP contribution in [-0.4, -0.2) is 19.2 Å². The topological polar surface area (TPSA) is 65.7 Å². The molecule has 0 fully saturated rings. The average Bonchev–Trinajstić information content (AvgIpc) is 2.62. The Kier molecular flexibility index (Phi) is 4.84. The third-order valence-electron chi connectivity index (χ3n) is 3.68. The van der Waals surface area contributed by atoms with E-state index in [1.165, 1.54) is 0 Å². The lowest BCUT2D eigenvalue weighted by atomic mass is 10.1. The highest BCUT2D eigenvalue weighted by Crippen LogP contribution is 2.31. The number of carbonyl (C=O) groups excluding carboxylic acids is 1. The van der Waals surface area contributed by atoms with Crippen molar-refractivity contribution in [2.75, 3.05) is 13.2 Å². The van der Waals surface area contributed by atoms with E-state index in [1.54, 1.807) is 19.1 Å². The minimum absolute atomic E-state index is 0.0114. The monoisotopic (exact) mass is 338 g/mol. The van der Waals surface area contributed by atoms with Gasteiger partial charge in [0.05, 0.1) is 12.0 Å². The smallest absolute Gasteiger partial charge is 0.344 e. The Labute approximate surface area is 144 Å². The van der Waals surface area contributed by atoms with Gasteiger partial charge in [-0.3, -0.25) is 4.79 Å². The zero-order chi connectivity index (χ0) is 17.8. The van der Waals surface area contributed by atoms with Crippen molar-refractivity contribution in [3.05, 3.63) is 64.3 Å². The van der Waals surface area contributed by atoms with Crippen molar-refractivity contribution in [2.45, 2.75) is 13.8 Å². The summed E-state index contributed by atoms with van der Waals surface area (Å²) in [5, 5.41) is 0.415. The Morgan fingerprint density at radius 2 is 1.88 bits per heavy atom. The molecular formula is C20H18O5. The van der Waals surface area contributed by atoms with E-state index in [1.807, 2.05) is 43.3 Å². The SMILES string of the molecule is CCOC(=O)COc1c(-c2ccccc2)oc2ccc(C)cc2c1=O. The van der Waals surface area contributed by atoms with Crippen LogP contribution in [0.4, 0.5) is 0 Å². The second kappa shape index (κ2) is 7.21. The highest BCUT2D eigenvalue weighted by atomic mass is 16.6. The van der Waals surface area contributed by atoms with E-state index in [2.05, 4.69) is 0 Å². The Hall–Kier alpha value is -3.08. The van der Waals surface area contributed by atoms with Crippen LogP contribution < -0.4 is 10.2 Å². The molecule has 0 aliphatic rings. The standard InChI is InChI=1S/C20H18O5/c1-3-23-17(21)12-24-20-18(22)15-11-13(2)9-10-16(15)25-19(20)14-7-5-4-6-8-14/h4-11H,3,12H2,1-2H3. The summed E-state index contributed by atoms with van der Waals surface area (Å²) in [5.74, 6) is -0.228. The molecule has 0 saturated heterocycles. The van der Waals surface area contributed by atoms with E-state index in [0.717, 1.165) is 5.56 Å². The van der Waals surface area contributed by atoms with Crippen LogP contribution >= 0.6 is 0 Å². The van der Waals surface area contributed by atoms with E-state index >= 15 is 0 Å². The first-order chi connectivity index (χ1) is 12.1. The van der Waals surface area contributed by atoms with Crippen molar-refractivity contribution in [1.82, 2.24) is 0 Å². The van der Waals surface area contributed by atoms with E-state index in [9.17, 15) is 9.59 Å². The van der Waals surface area contributed by atoms with Crippen LogP contribution in [0.15, 0.2) is 57.7 Å². The summed E-state index contributed by atoms with van der Waals surface area (Å²) in [6.45, 7) is 3.50. The van der Waals surface area contributed by atoms with Crippen molar-refractivity contribution < 1.29 is 18.7 Å². The maximum absolute atomic E-state index is 12.9. The van der Waals surface area contributed by atoms with E-state index < -0.39 is 5.97 Å². The molecule has 0 aliphatic carbocycles. The zero-order valence-corrected chi connectivity index (χ0v) is 14.1. The molecule has 25 heavy (non-hydrogen) atoms. The van der Waals surface area contributed by atoms with Crippen molar-refractivity contribution in [3.63, 3.8) is 0 Å². The highest BCUT2D eigenvalue weighted by molar-refractivity contribution is 5.83. The average molecular weight is 338 g/mol. The summed E-state index contributed by atoms with van der Waals surface area (Å²) >= 11 is 0. The number of hydrogen-bond donors (Lipinski definition) is 0. The first-order valence-electron chi connectivity index (χ1n) is 8.01. The van der Waals surface area contributed by atoms with Gasteiger partial charge < -0.3 is 13.9 Å². The molecule has 0 aliphatic heterocycles. The molecule has 0 saturated carbocycles. The molecule has 3 rings (SSSR count). The van der Waals surface area contributed by atoms with Gasteiger partial charge in [0, 0.05) is 5.56 Å². The zero-order valence-electron chi connectivity index (χ0n) is 14.1. The van der Waals surface area contributed by atoms with Crippen molar-refractivity contribution in [3.8, 4) is 17.1 Å². The fraction of sp³-hybridized carbons (Fsp3) is 0.200. The van der Waals surface area contributed by atoms with Gasteiger partial charge in [-0.15, -0.1) is 0 Å². The summed E-state index contributed by atoms with van der Waals surface area (Å²) in [7, 11) is 0. The molecule has 128 valence electrons. The first-order valence-corrected chi connectivity index (χ1v) is 8.01. The molecule has 1 aromatic heterocycles. The first kappa shape index (κ1) is 16.8. The largest absolute Gasteiger partial charge is 0.474 e. The molecule has 0 radical (unpaired) electrons. The number of benzene rings is 2. The van der Waals surface area contributed by atoms with Gasteiger partial charge in [-0.05, 0) is 26.0 Å². The van der Waals surface area contributed by atoms with Crippen molar-refractivity contribution in [1.29, 1.82) is 0 Å². The van der Waals surface area contributed by atoms with Crippen LogP contribution in [-0.2, 0) is 9.53 Å². The third kappa shape index (κ3) is 3.55. The van der Waals surface area contributed by atoms with Crippen LogP contribution in [0.5, 0.6) is 5.75 Å². The van der Waals surface area contributed by atoms with E-state index in [0.29, 0.717) is 22.3 Å². The van der Waals surface area contributed by atoms with Gasteiger partial charge in [0.15, 0.2) is 12.4 Å². The molecule has 0 atom stereocenters. The lowest BCUT2D eigenvalue weighted by Crippen LogP contribution is -2.18. The minimum atomic E-state index is -0.537. The van der Waals surface area contributed by atoms with Crippen LogP contribution in [0.2, 0.25) is 0 Å². The molecule has 0 spiro atoms. The summed E-state index contributed by atoms with van der Waals surface area (Å²) in [4.78, 5) is 24.5. The maximum atomic E-state index is 12.9. The second-order valence-corrected chi connectivity index (χ2v) is 5.55. The fourth-order valence-electron chi connectivity index (χ4n) is 2.54. The molecular weight excluding hydrogens is 320 g/mol. The van der Waals surface area contributed by atoms with Crippen LogP contribution in [0.1, 0.15) is 12.5 Å². The van der Waals surface area contributed by atoms with Gasteiger partial charge in [-0.1, -0.05) is 42.0 Å². The summed E-state index contributed by atoms with van der Waals surface area (Å²) in [6.07, 6.45) is 0. The number of rotatable bonds is 5. The van der Waals surface area contributed by atoms with Crippen molar-refractivity contribution >= 4 is 16.9 Å². The second-order valence-electron chi connectivity index (χ2n) is 5.55. The summed E-state index contributed by atoms with van der Waals surface area (Å²) in [6, 6.07) is 14.5. The number of esters is 1. The molecule has 3 aromatic rings. The molecule has 0 N–H and O–H groups in total. The Morgan fingerprint density at radius 1 is 1.12 bits per heavy atom. The summed E-state index contributed by atoms with van der Waals surface area (Å²) < 4.78 is 16.3. The predicted molar refractivity (Wildman–Crippen MR) is 94.8 cm³/mol. The highest BCUT2D eigenvalue weighted by Gasteiger charge is 2.19. The lowest BCUT2D eigenvalue weighted by Gasteiger charge is -2.11. The van der Waals surface area contributed by atoms with Crippen LogP contribution in [0.3, 0.4) is 0 Å². The maximum Gasteiger partial charge on any atom is 0.344 e. The van der Waals surface area contributed by atoms with Gasteiger partial charge in [0.2, 0.25) is 11.2 Å². The molecule has 5 heteroatoms. The van der Waals surface area contributed by atoms with Gasteiger partial charge in [-0.25, -0.2) is 4.79 Å². The Balaban J connectivity index is 2.14. The van der Waals surface area contributed by atoms with Crippen LogP contribution in [0, 0.1) is 6.92 Å². The quantitative estimate of drug-likeness (QED) is 0.664. The third-order valence-corrected chi connectivity index (χ3v) is 3.68. The van der Waals surface area contributed by atoms with Crippen molar-refractivity contribution in [2.24, 2.45) is 0 Å². The number of ether oxygens (including phenoxy) is 2. The molecule has 2 aromatic carbocycles. The van der Waals surface area contributed by atoms with E-state index in [-0.39, 0.29) is 24.4 Å². The normalized spacial score (nSPS) is 10.6.